The van der Waals surface area contributed by atoms with Crippen LogP contribution >= 0.6 is 0 Å². The lowest BCUT2D eigenvalue weighted by molar-refractivity contribution is -0.130. The van der Waals surface area contributed by atoms with Crippen LogP contribution < -0.4 is 4.90 Å². The van der Waals surface area contributed by atoms with Gasteiger partial charge in [0, 0.05) is 6.54 Å². The van der Waals surface area contributed by atoms with Crippen LogP contribution in [0.1, 0.15) is 17.2 Å². The number of nitrogens with zero attached hydrogens (tertiary/aromatic N) is 1. The second-order valence-corrected chi connectivity index (χ2v) is 4.74. The molecule has 0 aliphatic carbocycles. The van der Waals surface area contributed by atoms with Gasteiger partial charge in [-0.2, -0.15) is 0 Å². The predicted molar refractivity (Wildman–Crippen MR) is 74.5 cm³/mol. The Labute approximate surface area is 116 Å². The van der Waals surface area contributed by atoms with Crippen LogP contribution in [0, 0.1) is 0 Å². The molecule has 1 atom stereocenters. The van der Waals surface area contributed by atoms with Gasteiger partial charge in [-0.3, -0.25) is 9.59 Å². The van der Waals surface area contributed by atoms with Gasteiger partial charge in [0.25, 0.3) is 0 Å². The standard InChI is InChI=1S/C16H13NO3/c18-10-15(20)16-12-6-2-1-5-11(12)9-17(16)13-7-3-4-8-14(13)19/h1-8,10,16,19H,9H2. The minimum atomic E-state index is -0.656. The molecule has 3 rings (SSSR count). The van der Waals surface area contributed by atoms with Crippen molar-refractivity contribution >= 4 is 17.8 Å². The summed E-state index contributed by atoms with van der Waals surface area (Å²) in [6.45, 7) is 0.498. The van der Waals surface area contributed by atoms with Crippen LogP contribution in [0.2, 0.25) is 0 Å². The Kier molecular flexibility index (Phi) is 2.99. The zero-order valence-electron chi connectivity index (χ0n) is 10.7. The summed E-state index contributed by atoms with van der Waals surface area (Å²) in [6, 6.07) is 13.7. The molecule has 0 saturated heterocycles. The van der Waals surface area contributed by atoms with Gasteiger partial charge < -0.3 is 10.0 Å². The fraction of sp³-hybridized carbons (Fsp3) is 0.125. The number of ketones is 1. The Hall–Kier alpha value is -2.62. The average Bonchev–Trinajstić information content (AvgIpc) is 2.86. The van der Waals surface area contributed by atoms with Crippen molar-refractivity contribution in [1.29, 1.82) is 0 Å². The number of hydrogen-bond donors (Lipinski definition) is 1. The Morgan fingerprint density at radius 1 is 1.15 bits per heavy atom. The van der Waals surface area contributed by atoms with E-state index in [0.717, 1.165) is 11.1 Å². The molecule has 0 amide bonds. The summed E-state index contributed by atoms with van der Waals surface area (Å²) in [5.74, 6) is -0.401. The lowest BCUT2D eigenvalue weighted by Crippen LogP contribution is -2.28. The van der Waals surface area contributed by atoms with Crippen molar-refractivity contribution in [1.82, 2.24) is 0 Å². The molecule has 100 valence electrons. The summed E-state index contributed by atoms with van der Waals surface area (Å²) in [7, 11) is 0. The van der Waals surface area contributed by atoms with E-state index < -0.39 is 11.8 Å². The van der Waals surface area contributed by atoms with Crippen molar-refractivity contribution < 1.29 is 14.7 Å². The average molecular weight is 267 g/mol. The summed E-state index contributed by atoms with van der Waals surface area (Å²) in [4.78, 5) is 24.7. The number of aldehydes is 1. The van der Waals surface area contributed by atoms with Gasteiger partial charge in [0.2, 0.25) is 5.78 Å². The molecule has 0 saturated carbocycles. The number of hydrogen-bond acceptors (Lipinski definition) is 4. The molecule has 0 radical (unpaired) electrons. The Bertz CT molecular complexity index is 681. The molecule has 0 aromatic heterocycles. The van der Waals surface area contributed by atoms with Gasteiger partial charge in [-0.15, -0.1) is 0 Å². The number of rotatable bonds is 3. The third-order valence-corrected chi connectivity index (χ3v) is 3.58. The fourth-order valence-electron chi connectivity index (χ4n) is 2.69. The number of carbonyl (C=O) groups is 2. The fourth-order valence-corrected chi connectivity index (χ4v) is 2.69. The number of phenols is 1. The van der Waals surface area contributed by atoms with Crippen molar-refractivity contribution in [2.75, 3.05) is 4.90 Å². The van der Waals surface area contributed by atoms with E-state index in [1.54, 1.807) is 29.2 Å². The molecule has 20 heavy (non-hydrogen) atoms. The van der Waals surface area contributed by atoms with E-state index in [-0.39, 0.29) is 5.75 Å². The lowest BCUT2D eigenvalue weighted by Gasteiger charge is -2.25. The van der Waals surface area contributed by atoms with E-state index in [9.17, 15) is 14.7 Å². The molecule has 4 heteroatoms. The number of aromatic hydroxyl groups is 1. The van der Waals surface area contributed by atoms with Gasteiger partial charge in [-0.1, -0.05) is 36.4 Å². The molecular weight excluding hydrogens is 254 g/mol. The number of para-hydroxylation sites is 2. The molecule has 4 nitrogen and oxygen atoms in total. The Morgan fingerprint density at radius 2 is 1.85 bits per heavy atom. The highest BCUT2D eigenvalue weighted by molar-refractivity contribution is 6.28. The molecule has 2 aromatic rings. The van der Waals surface area contributed by atoms with Crippen LogP contribution in [0.3, 0.4) is 0 Å². The molecule has 1 N–H and O–H groups in total. The summed E-state index contributed by atoms with van der Waals surface area (Å²) >= 11 is 0. The number of benzene rings is 2. The predicted octanol–water partition coefficient (Wildman–Crippen LogP) is 2.22. The van der Waals surface area contributed by atoms with Crippen LogP contribution in [0.15, 0.2) is 48.5 Å². The minimum absolute atomic E-state index is 0.101. The van der Waals surface area contributed by atoms with Crippen molar-refractivity contribution in [2.45, 2.75) is 12.6 Å². The molecule has 2 aromatic carbocycles. The molecule has 1 heterocycles. The SMILES string of the molecule is O=CC(=O)C1c2ccccc2CN1c1ccccc1O. The van der Waals surface area contributed by atoms with Crippen molar-refractivity contribution in [3.63, 3.8) is 0 Å². The van der Waals surface area contributed by atoms with Crippen LogP contribution in [-0.2, 0) is 16.1 Å². The third kappa shape index (κ3) is 1.86. The van der Waals surface area contributed by atoms with Crippen molar-refractivity contribution in [3.8, 4) is 5.75 Å². The first kappa shape index (κ1) is 12.4. The molecule has 0 fully saturated rings. The minimum Gasteiger partial charge on any atom is -0.506 e. The van der Waals surface area contributed by atoms with Gasteiger partial charge in [-0.25, -0.2) is 0 Å². The molecular formula is C16H13NO3. The quantitative estimate of drug-likeness (QED) is 0.684. The number of phenolic OH excluding ortho intramolecular Hbond substituents is 1. The first-order valence-corrected chi connectivity index (χ1v) is 6.34. The maximum absolute atomic E-state index is 12.0. The first-order valence-electron chi connectivity index (χ1n) is 6.34. The van der Waals surface area contributed by atoms with E-state index in [4.69, 9.17) is 0 Å². The van der Waals surface area contributed by atoms with Crippen LogP contribution in [0.5, 0.6) is 5.75 Å². The Morgan fingerprint density at radius 3 is 2.60 bits per heavy atom. The highest BCUT2D eigenvalue weighted by Crippen LogP contribution is 2.41. The summed E-state index contributed by atoms with van der Waals surface area (Å²) in [5, 5.41) is 9.98. The number of Topliss-reactive ketones (excluding diaryl/α,β-unsaturated/α-hetero) is 1. The number of carbonyl (C=O) groups excluding carboxylic acids is 2. The monoisotopic (exact) mass is 267 g/mol. The van der Waals surface area contributed by atoms with E-state index in [1.165, 1.54) is 0 Å². The smallest absolute Gasteiger partial charge is 0.222 e. The van der Waals surface area contributed by atoms with Gasteiger partial charge >= 0.3 is 0 Å². The lowest BCUT2D eigenvalue weighted by atomic mass is 10.0. The van der Waals surface area contributed by atoms with Crippen LogP contribution in [0.4, 0.5) is 5.69 Å². The topological polar surface area (TPSA) is 57.6 Å². The summed E-state index contributed by atoms with van der Waals surface area (Å²) < 4.78 is 0. The molecule has 0 spiro atoms. The van der Waals surface area contributed by atoms with E-state index >= 15 is 0 Å². The first-order chi connectivity index (χ1) is 9.72. The van der Waals surface area contributed by atoms with Gasteiger partial charge in [0.05, 0.1) is 5.69 Å². The van der Waals surface area contributed by atoms with E-state index in [2.05, 4.69) is 0 Å². The molecule has 0 bridgehead atoms. The molecule has 1 aliphatic rings. The summed E-state index contributed by atoms with van der Waals surface area (Å²) in [6.07, 6.45) is 0.347. The van der Waals surface area contributed by atoms with E-state index in [1.807, 2.05) is 24.3 Å². The van der Waals surface area contributed by atoms with Gasteiger partial charge in [0.15, 0.2) is 6.29 Å². The highest BCUT2D eigenvalue weighted by atomic mass is 16.3. The van der Waals surface area contributed by atoms with Crippen LogP contribution in [-0.4, -0.2) is 17.2 Å². The second kappa shape index (κ2) is 4.81. The second-order valence-electron chi connectivity index (χ2n) is 4.74. The van der Waals surface area contributed by atoms with Gasteiger partial charge in [-0.05, 0) is 23.3 Å². The number of fused-ring (bicyclic) bond motifs is 1. The number of anilines is 1. The summed E-state index contributed by atoms with van der Waals surface area (Å²) in [5.41, 5.74) is 2.38. The highest BCUT2D eigenvalue weighted by Gasteiger charge is 2.36. The van der Waals surface area contributed by atoms with E-state index in [0.29, 0.717) is 18.5 Å². The van der Waals surface area contributed by atoms with Crippen LogP contribution in [0.25, 0.3) is 0 Å². The Balaban J connectivity index is 2.11. The largest absolute Gasteiger partial charge is 0.506 e. The third-order valence-electron chi connectivity index (χ3n) is 3.58. The normalized spacial score (nSPS) is 16.8. The van der Waals surface area contributed by atoms with Crippen molar-refractivity contribution in [3.05, 3.63) is 59.7 Å². The maximum Gasteiger partial charge on any atom is 0.222 e. The maximum atomic E-state index is 12.0. The zero-order valence-corrected chi connectivity index (χ0v) is 10.7. The zero-order chi connectivity index (χ0) is 14.1. The van der Waals surface area contributed by atoms with Crippen molar-refractivity contribution in [2.24, 2.45) is 0 Å². The van der Waals surface area contributed by atoms with Gasteiger partial charge in [0.1, 0.15) is 11.8 Å². The molecule has 1 aliphatic heterocycles. The molecule has 1 unspecified atom stereocenters.